The summed E-state index contributed by atoms with van der Waals surface area (Å²) in [6, 6.07) is 1.50. The summed E-state index contributed by atoms with van der Waals surface area (Å²) in [6.07, 6.45) is 1.20. The Morgan fingerprint density at radius 1 is 1.58 bits per heavy atom. The van der Waals surface area contributed by atoms with E-state index in [4.69, 9.17) is 10.5 Å². The van der Waals surface area contributed by atoms with Crippen LogP contribution in [0.2, 0.25) is 0 Å². The summed E-state index contributed by atoms with van der Waals surface area (Å²) in [7, 11) is 0. The first-order valence-corrected chi connectivity index (χ1v) is 3.68. The highest BCUT2D eigenvalue weighted by atomic mass is 19.1. The highest BCUT2D eigenvalue weighted by Crippen LogP contribution is 2.23. The fourth-order valence-electron chi connectivity index (χ4n) is 0.789. The number of halogens is 1. The van der Waals surface area contributed by atoms with Crippen molar-refractivity contribution < 1.29 is 9.13 Å². The van der Waals surface area contributed by atoms with E-state index in [1.807, 2.05) is 0 Å². The zero-order valence-electron chi connectivity index (χ0n) is 7.04. The maximum Gasteiger partial charge on any atom is 0.257 e. The van der Waals surface area contributed by atoms with Crippen molar-refractivity contribution in [1.82, 2.24) is 4.98 Å². The molecule has 1 rings (SSSR count). The molecular formula is C8H11FN2O. The van der Waals surface area contributed by atoms with Crippen LogP contribution < -0.4 is 10.5 Å². The smallest absolute Gasteiger partial charge is 0.257 e. The Morgan fingerprint density at radius 3 is 2.75 bits per heavy atom. The van der Waals surface area contributed by atoms with Gasteiger partial charge >= 0.3 is 0 Å². The van der Waals surface area contributed by atoms with Crippen molar-refractivity contribution in [3.8, 4) is 5.75 Å². The minimum absolute atomic E-state index is 0.0347. The first kappa shape index (κ1) is 8.77. The van der Waals surface area contributed by atoms with Gasteiger partial charge in [-0.15, -0.1) is 0 Å². The van der Waals surface area contributed by atoms with E-state index in [9.17, 15) is 4.39 Å². The van der Waals surface area contributed by atoms with Crippen molar-refractivity contribution >= 4 is 5.69 Å². The van der Waals surface area contributed by atoms with Gasteiger partial charge in [-0.3, -0.25) is 0 Å². The topological polar surface area (TPSA) is 48.1 Å². The lowest BCUT2D eigenvalue weighted by Gasteiger charge is -2.11. The van der Waals surface area contributed by atoms with Crippen molar-refractivity contribution in [1.29, 1.82) is 0 Å². The molecule has 0 bridgehead atoms. The molecule has 0 atom stereocenters. The van der Waals surface area contributed by atoms with Crippen molar-refractivity contribution in [2.24, 2.45) is 0 Å². The van der Waals surface area contributed by atoms with Crippen LogP contribution in [-0.2, 0) is 0 Å². The minimum atomic E-state index is -0.663. The number of hydrogen-bond donors (Lipinski definition) is 1. The third kappa shape index (κ3) is 1.84. The molecule has 0 aliphatic rings. The monoisotopic (exact) mass is 170 g/mol. The normalized spacial score (nSPS) is 10.3. The Balaban J connectivity index is 2.96. The number of nitrogens with zero attached hydrogens (tertiary/aromatic N) is 1. The lowest BCUT2D eigenvalue weighted by Crippen LogP contribution is -2.09. The largest absolute Gasteiger partial charge is 0.484 e. The average Bonchev–Trinajstić information content (AvgIpc) is 1.97. The lowest BCUT2D eigenvalue weighted by atomic mass is 10.3. The lowest BCUT2D eigenvalue weighted by molar-refractivity contribution is 0.230. The first-order valence-electron chi connectivity index (χ1n) is 3.68. The van der Waals surface area contributed by atoms with Crippen LogP contribution in [0.3, 0.4) is 0 Å². The third-order valence-corrected chi connectivity index (χ3v) is 1.25. The summed E-state index contributed by atoms with van der Waals surface area (Å²) in [5.41, 5.74) is 5.74. The quantitative estimate of drug-likeness (QED) is 0.685. The molecule has 0 aliphatic heterocycles. The second kappa shape index (κ2) is 3.38. The van der Waals surface area contributed by atoms with Crippen LogP contribution in [0.25, 0.3) is 0 Å². The zero-order valence-corrected chi connectivity index (χ0v) is 7.04. The molecule has 1 heterocycles. The molecule has 4 heteroatoms. The van der Waals surface area contributed by atoms with E-state index in [0.29, 0.717) is 0 Å². The predicted octanol–water partition coefficient (Wildman–Crippen LogP) is 1.59. The van der Waals surface area contributed by atoms with Crippen molar-refractivity contribution in [3.05, 3.63) is 18.2 Å². The number of pyridine rings is 1. The maximum atomic E-state index is 12.9. The molecule has 1 aromatic rings. The molecule has 0 aliphatic carbocycles. The van der Waals surface area contributed by atoms with Crippen LogP contribution >= 0.6 is 0 Å². The highest BCUT2D eigenvalue weighted by molar-refractivity contribution is 5.50. The van der Waals surface area contributed by atoms with E-state index in [1.165, 1.54) is 12.3 Å². The molecule has 3 nitrogen and oxygen atoms in total. The Labute approximate surface area is 70.4 Å². The van der Waals surface area contributed by atoms with Crippen molar-refractivity contribution in [3.63, 3.8) is 0 Å². The molecule has 12 heavy (non-hydrogen) atoms. The van der Waals surface area contributed by atoms with E-state index in [1.54, 1.807) is 13.8 Å². The van der Waals surface area contributed by atoms with Crippen LogP contribution in [0.15, 0.2) is 12.3 Å². The number of anilines is 1. The van der Waals surface area contributed by atoms with Gasteiger partial charge in [0.1, 0.15) is 0 Å². The molecular weight excluding hydrogens is 159 g/mol. The zero-order chi connectivity index (χ0) is 9.14. The summed E-state index contributed by atoms with van der Waals surface area (Å²) in [6.45, 7) is 3.60. The number of nitrogens with two attached hydrogens (primary N) is 1. The maximum absolute atomic E-state index is 12.9. The van der Waals surface area contributed by atoms with Crippen LogP contribution in [0.4, 0.5) is 10.1 Å². The van der Waals surface area contributed by atoms with Crippen molar-refractivity contribution in [2.45, 2.75) is 20.0 Å². The summed E-state index contributed by atoms with van der Waals surface area (Å²) in [4.78, 5) is 3.42. The summed E-state index contributed by atoms with van der Waals surface area (Å²) < 4.78 is 18.0. The molecule has 0 saturated heterocycles. The number of rotatable bonds is 2. The molecule has 1 aromatic heterocycles. The Hall–Kier alpha value is -1.32. The van der Waals surface area contributed by atoms with Gasteiger partial charge in [-0.05, 0) is 19.9 Å². The molecule has 0 amide bonds. The van der Waals surface area contributed by atoms with E-state index in [2.05, 4.69) is 4.98 Å². The second-order valence-electron chi connectivity index (χ2n) is 2.69. The van der Waals surface area contributed by atoms with Gasteiger partial charge in [0.15, 0.2) is 5.75 Å². The molecule has 66 valence electrons. The molecule has 0 radical (unpaired) electrons. The second-order valence-corrected chi connectivity index (χ2v) is 2.69. The van der Waals surface area contributed by atoms with Gasteiger partial charge in [0, 0.05) is 6.20 Å². The average molecular weight is 170 g/mol. The molecule has 0 spiro atoms. The molecule has 2 N–H and O–H groups in total. The van der Waals surface area contributed by atoms with E-state index in [0.717, 1.165) is 0 Å². The van der Waals surface area contributed by atoms with Gasteiger partial charge in [-0.1, -0.05) is 0 Å². The summed E-state index contributed by atoms with van der Waals surface area (Å²) in [5.74, 6) is -0.629. The third-order valence-electron chi connectivity index (χ3n) is 1.25. The first-order chi connectivity index (χ1) is 5.61. The Morgan fingerprint density at radius 2 is 2.25 bits per heavy atom. The Kier molecular flexibility index (Phi) is 2.47. The van der Waals surface area contributed by atoms with E-state index in [-0.39, 0.29) is 17.5 Å². The number of aromatic nitrogens is 1. The fraction of sp³-hybridized carbons (Fsp3) is 0.375. The van der Waals surface area contributed by atoms with Crippen LogP contribution in [-0.4, -0.2) is 11.1 Å². The van der Waals surface area contributed by atoms with E-state index >= 15 is 0 Å². The van der Waals surface area contributed by atoms with Crippen molar-refractivity contribution in [2.75, 3.05) is 5.73 Å². The molecule has 0 fully saturated rings. The molecule has 0 unspecified atom stereocenters. The van der Waals surface area contributed by atoms with Gasteiger partial charge in [0.2, 0.25) is 0 Å². The summed E-state index contributed by atoms with van der Waals surface area (Å²) >= 11 is 0. The summed E-state index contributed by atoms with van der Waals surface area (Å²) in [5, 5.41) is 0. The van der Waals surface area contributed by atoms with Gasteiger partial charge in [-0.25, -0.2) is 4.98 Å². The number of hydrogen-bond acceptors (Lipinski definition) is 3. The van der Waals surface area contributed by atoms with Gasteiger partial charge in [0.25, 0.3) is 5.95 Å². The Bertz CT molecular complexity index is 256. The van der Waals surface area contributed by atoms with Gasteiger partial charge in [0.05, 0.1) is 11.8 Å². The molecule has 0 saturated carbocycles. The highest BCUT2D eigenvalue weighted by Gasteiger charge is 2.09. The van der Waals surface area contributed by atoms with Crippen LogP contribution in [0, 0.1) is 5.95 Å². The van der Waals surface area contributed by atoms with Crippen LogP contribution in [0.5, 0.6) is 5.75 Å². The minimum Gasteiger partial charge on any atom is -0.484 e. The SMILES string of the molecule is CC(C)Oc1c(N)ccnc1F. The fourth-order valence-corrected chi connectivity index (χ4v) is 0.789. The van der Waals surface area contributed by atoms with E-state index < -0.39 is 5.95 Å². The predicted molar refractivity (Wildman–Crippen MR) is 44.4 cm³/mol. The van der Waals surface area contributed by atoms with Gasteiger partial charge < -0.3 is 10.5 Å². The standard InChI is InChI=1S/C8H11FN2O/c1-5(2)12-7-6(10)3-4-11-8(7)9/h3-5H,1-2H3,(H2,10,11). The number of ether oxygens (including phenoxy) is 1. The number of nitrogen functional groups attached to an aromatic ring is 1. The van der Waals surface area contributed by atoms with Crippen LogP contribution in [0.1, 0.15) is 13.8 Å². The molecule has 0 aromatic carbocycles. The van der Waals surface area contributed by atoms with Gasteiger partial charge in [-0.2, -0.15) is 4.39 Å².